The first-order chi connectivity index (χ1) is 10.1. The summed E-state index contributed by atoms with van der Waals surface area (Å²) in [5.74, 6) is 0.328. The van der Waals surface area contributed by atoms with Gasteiger partial charge in [-0.3, -0.25) is 9.59 Å². The third kappa shape index (κ3) is 2.62. The van der Waals surface area contributed by atoms with E-state index in [1.807, 2.05) is 35.9 Å². The fourth-order valence-corrected chi connectivity index (χ4v) is 2.25. The zero-order valence-corrected chi connectivity index (χ0v) is 11.6. The number of rotatable bonds is 3. The second-order valence-corrected chi connectivity index (χ2v) is 4.85. The third-order valence-corrected chi connectivity index (χ3v) is 3.45. The Morgan fingerprint density at radius 2 is 2.19 bits per heavy atom. The minimum Gasteiger partial charge on any atom is -0.344 e. The number of carbonyl (C=O) groups is 2. The second-order valence-electron chi connectivity index (χ2n) is 4.85. The van der Waals surface area contributed by atoms with Gasteiger partial charge in [0.05, 0.1) is 17.6 Å². The number of nitrogens with one attached hydrogen (secondary N) is 2. The number of imidazole rings is 1. The Bertz CT molecular complexity index is 747. The summed E-state index contributed by atoms with van der Waals surface area (Å²) in [6.07, 6.45) is 0.652. The molecule has 2 heterocycles. The number of para-hydroxylation sites is 2. The number of hydrazone groups is 1. The van der Waals surface area contributed by atoms with Crippen molar-refractivity contribution in [3.8, 4) is 0 Å². The van der Waals surface area contributed by atoms with Crippen LogP contribution in [0, 0.1) is 0 Å². The molecule has 0 fully saturated rings. The molecular weight excluding hydrogens is 270 g/mol. The van der Waals surface area contributed by atoms with Gasteiger partial charge in [-0.1, -0.05) is 12.1 Å². The summed E-state index contributed by atoms with van der Waals surface area (Å²) in [7, 11) is 1.91. The lowest BCUT2D eigenvalue weighted by atomic mass is 10.1. The van der Waals surface area contributed by atoms with Gasteiger partial charge in [-0.25, -0.2) is 10.4 Å². The van der Waals surface area contributed by atoms with Crippen molar-refractivity contribution in [2.45, 2.75) is 19.4 Å². The van der Waals surface area contributed by atoms with Crippen molar-refractivity contribution in [1.82, 2.24) is 20.3 Å². The standard InChI is InChI=1S/C14H15N5O2/c1-19-11-5-3-2-4-9(11)16-12(19)8-15-14(21)10-6-7-13(20)18-17-10/h2-5H,6-8H2,1H3,(H,15,21)(H,18,20). The fourth-order valence-electron chi connectivity index (χ4n) is 2.25. The molecule has 1 aliphatic heterocycles. The van der Waals surface area contributed by atoms with Crippen LogP contribution in [0.5, 0.6) is 0 Å². The van der Waals surface area contributed by atoms with E-state index in [9.17, 15) is 9.59 Å². The van der Waals surface area contributed by atoms with E-state index in [1.54, 1.807) is 0 Å². The number of aryl methyl sites for hydroxylation is 1. The molecule has 3 rings (SSSR count). The van der Waals surface area contributed by atoms with Crippen LogP contribution in [0.3, 0.4) is 0 Å². The van der Waals surface area contributed by atoms with Gasteiger partial charge in [0.2, 0.25) is 5.91 Å². The summed E-state index contributed by atoms with van der Waals surface area (Å²) < 4.78 is 1.94. The maximum atomic E-state index is 12.0. The minimum absolute atomic E-state index is 0.165. The highest BCUT2D eigenvalue weighted by atomic mass is 16.2. The lowest BCUT2D eigenvalue weighted by Gasteiger charge is -2.11. The fraction of sp³-hybridized carbons (Fsp3) is 0.286. The van der Waals surface area contributed by atoms with Crippen molar-refractivity contribution in [2.24, 2.45) is 12.1 Å². The molecule has 0 saturated heterocycles. The van der Waals surface area contributed by atoms with Crippen LogP contribution in [-0.4, -0.2) is 27.1 Å². The molecule has 0 radical (unpaired) electrons. The van der Waals surface area contributed by atoms with Gasteiger partial charge in [-0.05, 0) is 12.1 Å². The van der Waals surface area contributed by atoms with Gasteiger partial charge in [0.25, 0.3) is 5.91 Å². The van der Waals surface area contributed by atoms with E-state index in [1.165, 1.54) is 0 Å². The molecule has 2 aromatic rings. The summed E-state index contributed by atoms with van der Waals surface area (Å²) in [5.41, 5.74) is 4.57. The summed E-state index contributed by atoms with van der Waals surface area (Å²) >= 11 is 0. The predicted molar refractivity (Wildman–Crippen MR) is 77.4 cm³/mol. The van der Waals surface area contributed by atoms with Crippen LogP contribution >= 0.6 is 0 Å². The molecule has 108 valence electrons. The normalized spacial score (nSPS) is 14.7. The summed E-state index contributed by atoms with van der Waals surface area (Å²) in [5, 5.41) is 6.55. The van der Waals surface area contributed by atoms with Crippen LogP contribution in [-0.2, 0) is 23.2 Å². The highest BCUT2D eigenvalue weighted by Gasteiger charge is 2.18. The van der Waals surface area contributed by atoms with E-state index in [4.69, 9.17) is 0 Å². The minimum atomic E-state index is -0.276. The van der Waals surface area contributed by atoms with Gasteiger partial charge in [-0.15, -0.1) is 0 Å². The Morgan fingerprint density at radius 3 is 2.90 bits per heavy atom. The highest BCUT2D eigenvalue weighted by molar-refractivity contribution is 6.39. The number of nitrogens with zero attached hydrogens (tertiary/aromatic N) is 3. The maximum absolute atomic E-state index is 12.0. The van der Waals surface area contributed by atoms with E-state index in [0.717, 1.165) is 16.9 Å². The van der Waals surface area contributed by atoms with E-state index in [0.29, 0.717) is 25.1 Å². The van der Waals surface area contributed by atoms with Crippen LogP contribution in [0.15, 0.2) is 29.4 Å². The molecule has 2 amide bonds. The maximum Gasteiger partial charge on any atom is 0.267 e. The summed E-state index contributed by atoms with van der Waals surface area (Å²) in [6, 6.07) is 7.79. The van der Waals surface area contributed by atoms with Crippen molar-refractivity contribution in [3.63, 3.8) is 0 Å². The number of hydrogen-bond acceptors (Lipinski definition) is 4. The van der Waals surface area contributed by atoms with Crippen LogP contribution in [0.2, 0.25) is 0 Å². The van der Waals surface area contributed by atoms with Gasteiger partial charge in [-0.2, -0.15) is 5.10 Å². The van der Waals surface area contributed by atoms with Gasteiger partial charge < -0.3 is 9.88 Å². The molecule has 0 aliphatic carbocycles. The molecule has 21 heavy (non-hydrogen) atoms. The Hall–Kier alpha value is -2.70. The van der Waals surface area contributed by atoms with Gasteiger partial charge in [0, 0.05) is 19.9 Å². The zero-order valence-electron chi connectivity index (χ0n) is 11.6. The second kappa shape index (κ2) is 5.35. The molecule has 0 spiro atoms. The summed E-state index contributed by atoms with van der Waals surface area (Å²) in [4.78, 5) is 27.4. The Balaban J connectivity index is 1.70. The first-order valence-corrected chi connectivity index (χ1v) is 6.69. The highest BCUT2D eigenvalue weighted by Crippen LogP contribution is 2.13. The largest absolute Gasteiger partial charge is 0.344 e. The number of carbonyl (C=O) groups excluding carboxylic acids is 2. The SMILES string of the molecule is Cn1c(CNC(=O)C2=NNC(=O)CC2)nc2ccccc21. The monoisotopic (exact) mass is 285 g/mol. The quantitative estimate of drug-likeness (QED) is 0.858. The van der Waals surface area contributed by atoms with E-state index >= 15 is 0 Å². The van der Waals surface area contributed by atoms with Crippen LogP contribution in [0.4, 0.5) is 0 Å². The smallest absolute Gasteiger partial charge is 0.267 e. The molecule has 0 unspecified atom stereocenters. The molecule has 0 saturated carbocycles. The Kier molecular flexibility index (Phi) is 3.39. The van der Waals surface area contributed by atoms with E-state index in [2.05, 4.69) is 20.8 Å². The van der Waals surface area contributed by atoms with Crippen LogP contribution in [0.25, 0.3) is 11.0 Å². The lowest BCUT2D eigenvalue weighted by molar-refractivity contribution is -0.121. The third-order valence-electron chi connectivity index (χ3n) is 3.45. The first kappa shape index (κ1) is 13.3. The molecule has 0 atom stereocenters. The van der Waals surface area contributed by atoms with E-state index < -0.39 is 0 Å². The Labute approximate surface area is 121 Å². The average Bonchev–Trinajstić information content (AvgIpc) is 2.82. The molecular formula is C14H15N5O2. The molecule has 1 aliphatic rings. The van der Waals surface area contributed by atoms with Crippen molar-refractivity contribution in [2.75, 3.05) is 0 Å². The van der Waals surface area contributed by atoms with Crippen molar-refractivity contribution in [1.29, 1.82) is 0 Å². The average molecular weight is 285 g/mol. The number of aromatic nitrogens is 2. The van der Waals surface area contributed by atoms with E-state index in [-0.39, 0.29) is 11.8 Å². The molecule has 0 bridgehead atoms. The van der Waals surface area contributed by atoms with Gasteiger partial charge >= 0.3 is 0 Å². The van der Waals surface area contributed by atoms with Gasteiger partial charge in [0.15, 0.2) is 0 Å². The molecule has 1 aromatic heterocycles. The topological polar surface area (TPSA) is 88.4 Å². The molecule has 7 nitrogen and oxygen atoms in total. The first-order valence-electron chi connectivity index (χ1n) is 6.69. The number of fused-ring (bicyclic) bond motifs is 1. The zero-order chi connectivity index (χ0) is 14.8. The molecule has 1 aromatic carbocycles. The summed E-state index contributed by atoms with van der Waals surface area (Å²) in [6.45, 7) is 0.316. The van der Waals surface area contributed by atoms with Crippen LogP contribution < -0.4 is 10.7 Å². The lowest BCUT2D eigenvalue weighted by Crippen LogP contribution is -2.36. The molecule has 2 N–H and O–H groups in total. The Morgan fingerprint density at radius 1 is 1.38 bits per heavy atom. The van der Waals surface area contributed by atoms with Crippen molar-refractivity contribution >= 4 is 28.6 Å². The number of hydrogen-bond donors (Lipinski definition) is 2. The van der Waals surface area contributed by atoms with Crippen molar-refractivity contribution < 1.29 is 9.59 Å². The van der Waals surface area contributed by atoms with Crippen molar-refractivity contribution in [3.05, 3.63) is 30.1 Å². The number of benzene rings is 1. The molecule has 7 heteroatoms. The van der Waals surface area contributed by atoms with Gasteiger partial charge in [0.1, 0.15) is 11.5 Å². The number of amides is 2. The predicted octanol–water partition coefficient (Wildman–Crippen LogP) is 0.455. The van der Waals surface area contributed by atoms with Crippen LogP contribution in [0.1, 0.15) is 18.7 Å².